The molecule has 0 fully saturated rings. The molecule has 0 amide bonds. The first kappa shape index (κ1) is 11.2. The summed E-state index contributed by atoms with van der Waals surface area (Å²) in [4.78, 5) is 0. The SMILES string of the molecule is CCCCCCCCCC[Si]. The summed E-state index contributed by atoms with van der Waals surface area (Å²) < 4.78 is 0. The molecule has 0 N–H and O–H groups in total. The van der Waals surface area contributed by atoms with Gasteiger partial charge in [-0.3, -0.25) is 0 Å². The molecule has 0 saturated heterocycles. The van der Waals surface area contributed by atoms with Gasteiger partial charge in [-0.2, -0.15) is 0 Å². The molecular formula is C10H21Si. The monoisotopic (exact) mass is 169 g/mol. The second kappa shape index (κ2) is 10.2. The molecule has 0 aromatic heterocycles. The molecule has 0 aromatic carbocycles. The lowest BCUT2D eigenvalue weighted by Crippen LogP contribution is -1.79. The lowest BCUT2D eigenvalue weighted by molar-refractivity contribution is 0.585. The minimum atomic E-state index is 1.18. The van der Waals surface area contributed by atoms with E-state index in [2.05, 4.69) is 17.2 Å². The Morgan fingerprint density at radius 1 is 0.727 bits per heavy atom. The first-order chi connectivity index (χ1) is 5.41. The van der Waals surface area contributed by atoms with E-state index in [1.807, 2.05) is 0 Å². The Kier molecular flexibility index (Phi) is 10.4. The largest absolute Gasteiger partial charge is 0.0654 e. The van der Waals surface area contributed by atoms with Crippen LogP contribution in [-0.4, -0.2) is 10.2 Å². The van der Waals surface area contributed by atoms with Gasteiger partial charge in [0.25, 0.3) is 0 Å². The second-order valence-corrected chi connectivity index (χ2v) is 3.72. The fourth-order valence-corrected chi connectivity index (χ4v) is 1.51. The van der Waals surface area contributed by atoms with Crippen LogP contribution in [0.1, 0.15) is 58.3 Å². The van der Waals surface area contributed by atoms with E-state index in [-0.39, 0.29) is 0 Å². The van der Waals surface area contributed by atoms with Gasteiger partial charge in [-0.25, -0.2) is 0 Å². The minimum absolute atomic E-state index is 1.18. The van der Waals surface area contributed by atoms with Crippen molar-refractivity contribution < 1.29 is 0 Å². The summed E-state index contributed by atoms with van der Waals surface area (Å²) in [5, 5.41) is 0. The van der Waals surface area contributed by atoms with Crippen LogP contribution in [0.4, 0.5) is 0 Å². The van der Waals surface area contributed by atoms with Gasteiger partial charge >= 0.3 is 0 Å². The predicted octanol–water partition coefficient (Wildman–Crippen LogP) is 3.71. The van der Waals surface area contributed by atoms with Crippen molar-refractivity contribution in [2.24, 2.45) is 0 Å². The summed E-state index contributed by atoms with van der Waals surface area (Å²) >= 11 is 0. The Bertz CT molecular complexity index is 53.9. The zero-order chi connectivity index (χ0) is 8.36. The van der Waals surface area contributed by atoms with Gasteiger partial charge in [0.2, 0.25) is 0 Å². The van der Waals surface area contributed by atoms with E-state index in [0.29, 0.717) is 0 Å². The summed E-state index contributed by atoms with van der Waals surface area (Å²) in [5.41, 5.74) is 0. The van der Waals surface area contributed by atoms with Crippen molar-refractivity contribution in [3.8, 4) is 0 Å². The van der Waals surface area contributed by atoms with Crippen LogP contribution in [0.25, 0.3) is 0 Å². The predicted molar refractivity (Wildman–Crippen MR) is 53.2 cm³/mol. The second-order valence-electron chi connectivity index (χ2n) is 3.22. The molecule has 0 saturated carbocycles. The van der Waals surface area contributed by atoms with Crippen LogP contribution in [0.15, 0.2) is 0 Å². The molecule has 11 heavy (non-hydrogen) atoms. The summed E-state index contributed by atoms with van der Waals surface area (Å²) in [5.74, 6) is 0. The van der Waals surface area contributed by atoms with Crippen molar-refractivity contribution >= 4 is 10.2 Å². The van der Waals surface area contributed by atoms with Crippen LogP contribution >= 0.6 is 0 Å². The topological polar surface area (TPSA) is 0 Å². The van der Waals surface area contributed by atoms with Crippen molar-refractivity contribution in [3.63, 3.8) is 0 Å². The van der Waals surface area contributed by atoms with Crippen LogP contribution in [-0.2, 0) is 0 Å². The summed E-state index contributed by atoms with van der Waals surface area (Å²) in [7, 11) is 3.49. The van der Waals surface area contributed by atoms with Crippen LogP contribution in [0.5, 0.6) is 0 Å². The smallest absolute Gasteiger partial charge is 0.0222 e. The van der Waals surface area contributed by atoms with Crippen molar-refractivity contribution in [1.29, 1.82) is 0 Å². The van der Waals surface area contributed by atoms with Crippen molar-refractivity contribution in [2.45, 2.75) is 64.3 Å². The van der Waals surface area contributed by atoms with Crippen molar-refractivity contribution in [1.82, 2.24) is 0 Å². The van der Waals surface area contributed by atoms with Crippen LogP contribution in [0.2, 0.25) is 6.04 Å². The third-order valence-corrected chi connectivity index (χ3v) is 2.38. The van der Waals surface area contributed by atoms with E-state index in [1.54, 1.807) is 0 Å². The molecule has 1 heteroatoms. The molecular weight excluding hydrogens is 148 g/mol. The lowest BCUT2D eigenvalue weighted by Gasteiger charge is -1.98. The first-order valence-electron chi connectivity index (χ1n) is 5.06. The van der Waals surface area contributed by atoms with E-state index in [9.17, 15) is 0 Å². The van der Waals surface area contributed by atoms with E-state index in [1.165, 1.54) is 57.4 Å². The summed E-state index contributed by atoms with van der Waals surface area (Å²) in [6.45, 7) is 2.27. The normalized spacial score (nSPS) is 10.4. The van der Waals surface area contributed by atoms with E-state index in [0.717, 1.165) is 0 Å². The average molecular weight is 169 g/mol. The molecule has 0 aromatic rings. The van der Waals surface area contributed by atoms with Gasteiger partial charge < -0.3 is 0 Å². The highest BCUT2D eigenvalue weighted by Gasteiger charge is 1.89. The highest BCUT2D eigenvalue weighted by atomic mass is 28.1. The third-order valence-electron chi connectivity index (χ3n) is 2.03. The summed E-state index contributed by atoms with van der Waals surface area (Å²) in [6.07, 6.45) is 11.3. The quantitative estimate of drug-likeness (QED) is 0.384. The zero-order valence-corrected chi connectivity index (χ0v) is 8.86. The van der Waals surface area contributed by atoms with Gasteiger partial charge in [-0.05, 0) is 0 Å². The molecule has 0 aliphatic heterocycles. The lowest BCUT2D eigenvalue weighted by atomic mass is 10.1. The number of hydrogen-bond donors (Lipinski definition) is 0. The molecule has 0 rings (SSSR count). The molecule has 0 bridgehead atoms. The van der Waals surface area contributed by atoms with Gasteiger partial charge in [0.15, 0.2) is 0 Å². The maximum Gasteiger partial charge on any atom is 0.0222 e. The number of unbranched alkanes of at least 4 members (excludes halogenated alkanes) is 7. The molecule has 0 aliphatic rings. The molecule has 0 spiro atoms. The van der Waals surface area contributed by atoms with E-state index >= 15 is 0 Å². The van der Waals surface area contributed by atoms with Gasteiger partial charge in [0.05, 0.1) is 0 Å². The maximum absolute atomic E-state index is 3.49. The molecule has 0 aliphatic carbocycles. The Labute approximate surface area is 75.2 Å². The van der Waals surface area contributed by atoms with Gasteiger partial charge in [-0.15, -0.1) is 0 Å². The standard InChI is InChI=1S/C10H21Si/c1-2-3-4-5-6-7-8-9-10-11/h2-10H2,1H3. The van der Waals surface area contributed by atoms with Gasteiger partial charge in [0, 0.05) is 10.2 Å². The molecule has 65 valence electrons. The highest BCUT2D eigenvalue weighted by Crippen LogP contribution is 2.08. The Morgan fingerprint density at radius 3 is 1.64 bits per heavy atom. The van der Waals surface area contributed by atoms with Crippen LogP contribution < -0.4 is 0 Å². The number of rotatable bonds is 8. The Balaban J connectivity index is 2.69. The third kappa shape index (κ3) is 10.2. The van der Waals surface area contributed by atoms with Gasteiger partial charge in [-0.1, -0.05) is 64.3 Å². The fraction of sp³-hybridized carbons (Fsp3) is 1.00. The molecule has 0 unspecified atom stereocenters. The maximum atomic E-state index is 3.49. The highest BCUT2D eigenvalue weighted by molar-refractivity contribution is 6.08. The van der Waals surface area contributed by atoms with Crippen LogP contribution in [0, 0.1) is 0 Å². The first-order valence-corrected chi connectivity index (χ1v) is 5.77. The summed E-state index contributed by atoms with van der Waals surface area (Å²) in [6, 6.07) is 1.18. The molecule has 3 radical (unpaired) electrons. The Hall–Kier alpha value is 0.217. The number of hydrogen-bond acceptors (Lipinski definition) is 0. The molecule has 0 atom stereocenters. The molecule has 0 nitrogen and oxygen atoms in total. The minimum Gasteiger partial charge on any atom is -0.0654 e. The van der Waals surface area contributed by atoms with Gasteiger partial charge in [0.1, 0.15) is 0 Å². The van der Waals surface area contributed by atoms with Crippen LogP contribution in [0.3, 0.4) is 0 Å². The van der Waals surface area contributed by atoms with Crippen molar-refractivity contribution in [2.75, 3.05) is 0 Å². The fourth-order valence-electron chi connectivity index (χ4n) is 1.26. The van der Waals surface area contributed by atoms with E-state index < -0.39 is 0 Å². The zero-order valence-electron chi connectivity index (χ0n) is 7.86. The average Bonchev–Trinajstić information content (AvgIpc) is 2.03. The van der Waals surface area contributed by atoms with Crippen molar-refractivity contribution in [3.05, 3.63) is 0 Å². The molecule has 0 heterocycles. The Morgan fingerprint density at radius 2 is 1.18 bits per heavy atom. The van der Waals surface area contributed by atoms with E-state index in [4.69, 9.17) is 0 Å².